The predicted octanol–water partition coefficient (Wildman–Crippen LogP) is 7.26. The lowest BCUT2D eigenvalue weighted by atomic mass is 9.32. The van der Waals surface area contributed by atoms with Crippen LogP contribution in [0.5, 0.6) is 0 Å². The summed E-state index contributed by atoms with van der Waals surface area (Å²) in [4.78, 5) is 26.9. The van der Waals surface area contributed by atoms with E-state index in [0.717, 1.165) is 56.9 Å². The van der Waals surface area contributed by atoms with Gasteiger partial charge in [-0.15, -0.1) is 0 Å². The van der Waals surface area contributed by atoms with Crippen molar-refractivity contribution in [1.82, 2.24) is 5.32 Å². The Kier molecular flexibility index (Phi) is 6.57. The van der Waals surface area contributed by atoms with Crippen molar-refractivity contribution in [3.05, 3.63) is 23.8 Å². The highest BCUT2D eigenvalue weighted by Gasteiger charge is 2.71. The van der Waals surface area contributed by atoms with Crippen LogP contribution in [-0.4, -0.2) is 24.7 Å². The third-order valence-electron chi connectivity index (χ3n) is 13.4. The first-order valence-corrected chi connectivity index (χ1v) is 15.0. The standard InChI is InChI=1S/C33H46F2N2O2/c1-19(2)21-10-13-33(28(39)37-18-25(34)35)15-14-31(6)22(26(21)33)8-9-24-30(5)16-20(17-36)27(38)29(3,4)23(30)11-12-32(24,31)7/h16,21-26H,1,8-15,18H2,2-7H3,(H,37,39)/t21-,22+,23-,24+,26+,30-,31+,32+,33-/m0/s1. The highest BCUT2D eigenvalue weighted by Crippen LogP contribution is 2.77. The number of rotatable bonds is 4. The second kappa shape index (κ2) is 8.98. The van der Waals surface area contributed by atoms with Gasteiger partial charge in [0.15, 0.2) is 5.78 Å². The van der Waals surface area contributed by atoms with Gasteiger partial charge in [-0.25, -0.2) is 8.78 Å². The van der Waals surface area contributed by atoms with Crippen LogP contribution in [0.15, 0.2) is 23.8 Å². The average molecular weight is 541 g/mol. The summed E-state index contributed by atoms with van der Waals surface area (Å²) in [6.45, 7) is 17.1. The normalized spacial score (nSPS) is 46.2. The molecule has 0 aromatic carbocycles. The monoisotopic (exact) mass is 540 g/mol. The summed E-state index contributed by atoms with van der Waals surface area (Å²) in [6.07, 6.45) is 6.63. The van der Waals surface area contributed by atoms with E-state index in [0.29, 0.717) is 17.4 Å². The number of alkyl halides is 2. The number of allylic oxidation sites excluding steroid dienone is 3. The van der Waals surface area contributed by atoms with Crippen LogP contribution in [0.3, 0.4) is 0 Å². The largest absolute Gasteiger partial charge is 0.350 e. The van der Waals surface area contributed by atoms with E-state index >= 15 is 0 Å². The number of hydrogen-bond acceptors (Lipinski definition) is 3. The van der Waals surface area contributed by atoms with Crippen LogP contribution >= 0.6 is 0 Å². The van der Waals surface area contributed by atoms with Crippen molar-refractivity contribution < 1.29 is 18.4 Å². The molecule has 0 bridgehead atoms. The first-order valence-electron chi connectivity index (χ1n) is 15.0. The van der Waals surface area contributed by atoms with Crippen LogP contribution in [-0.2, 0) is 9.59 Å². The van der Waals surface area contributed by atoms with Crippen LogP contribution in [0, 0.1) is 68.0 Å². The minimum atomic E-state index is -2.56. The Morgan fingerprint density at radius 1 is 1.05 bits per heavy atom. The fourth-order valence-electron chi connectivity index (χ4n) is 11.5. The van der Waals surface area contributed by atoms with E-state index in [1.807, 2.05) is 19.9 Å². The molecule has 214 valence electrons. The first-order chi connectivity index (χ1) is 18.1. The summed E-state index contributed by atoms with van der Waals surface area (Å²) < 4.78 is 26.2. The second-order valence-electron chi connectivity index (χ2n) is 15.0. The van der Waals surface area contributed by atoms with Gasteiger partial charge in [-0.05, 0) is 104 Å². The molecule has 5 rings (SSSR count). The summed E-state index contributed by atoms with van der Waals surface area (Å²) in [5.74, 6) is 0.918. The van der Waals surface area contributed by atoms with Gasteiger partial charge in [0.05, 0.1) is 17.5 Å². The predicted molar refractivity (Wildman–Crippen MR) is 147 cm³/mol. The van der Waals surface area contributed by atoms with E-state index in [2.05, 4.69) is 45.7 Å². The third-order valence-corrected chi connectivity index (χ3v) is 13.4. The van der Waals surface area contributed by atoms with Crippen molar-refractivity contribution in [2.75, 3.05) is 6.54 Å². The number of amides is 1. The molecule has 0 spiro atoms. The summed E-state index contributed by atoms with van der Waals surface area (Å²) in [7, 11) is 0. The van der Waals surface area contributed by atoms with Crippen molar-refractivity contribution in [3.8, 4) is 6.07 Å². The van der Waals surface area contributed by atoms with Gasteiger partial charge in [0.1, 0.15) is 6.07 Å². The lowest BCUT2D eigenvalue weighted by Gasteiger charge is -2.71. The quantitative estimate of drug-likeness (QED) is 0.382. The number of carbonyl (C=O) groups excluding carboxylic acids is 2. The molecule has 0 radical (unpaired) electrons. The Morgan fingerprint density at radius 2 is 1.74 bits per heavy atom. The zero-order chi connectivity index (χ0) is 28.8. The molecule has 0 aromatic rings. The SMILES string of the molecule is C=C(C)[C@@H]1CC[C@]2(C(=O)NCC(F)F)CC[C@]3(C)[C@H](CC[C@@H]4[C@@]5(C)C=C(C#N)C(=O)C(C)(C)[C@@H]5CC[C@]43C)[C@@H]12. The molecule has 1 amide bonds. The topological polar surface area (TPSA) is 70.0 Å². The molecule has 5 aliphatic rings. The van der Waals surface area contributed by atoms with Gasteiger partial charge in [0.25, 0.3) is 6.43 Å². The lowest BCUT2D eigenvalue weighted by molar-refractivity contribution is -0.218. The number of Topliss-reactive ketones (excluding diaryl/α,β-unsaturated/α-hetero) is 1. The second-order valence-corrected chi connectivity index (χ2v) is 15.0. The van der Waals surface area contributed by atoms with Crippen LogP contribution in [0.1, 0.15) is 92.9 Å². The molecular formula is C33H46F2N2O2. The maximum absolute atomic E-state index is 13.7. The van der Waals surface area contributed by atoms with Gasteiger partial charge >= 0.3 is 0 Å². The molecule has 4 fully saturated rings. The fraction of sp³-hybridized carbons (Fsp3) is 0.788. The molecular weight excluding hydrogens is 494 g/mol. The van der Waals surface area contributed by atoms with Crippen molar-refractivity contribution in [2.24, 2.45) is 56.7 Å². The molecule has 0 saturated heterocycles. The fourth-order valence-corrected chi connectivity index (χ4v) is 11.5. The molecule has 0 aliphatic heterocycles. The number of halogens is 2. The van der Waals surface area contributed by atoms with Crippen LogP contribution < -0.4 is 5.32 Å². The zero-order valence-electron chi connectivity index (χ0n) is 24.6. The van der Waals surface area contributed by atoms with Gasteiger partial charge in [0, 0.05) is 5.41 Å². The Labute approximate surface area is 233 Å². The van der Waals surface area contributed by atoms with Crippen molar-refractivity contribution in [2.45, 2.75) is 99.3 Å². The van der Waals surface area contributed by atoms with Gasteiger partial charge in [-0.3, -0.25) is 9.59 Å². The number of ketones is 1. The van der Waals surface area contributed by atoms with Gasteiger partial charge in [0.2, 0.25) is 5.91 Å². The van der Waals surface area contributed by atoms with Crippen LogP contribution in [0.4, 0.5) is 8.78 Å². The molecule has 6 heteroatoms. The number of fused-ring (bicyclic) bond motifs is 7. The highest BCUT2D eigenvalue weighted by atomic mass is 19.3. The summed E-state index contributed by atoms with van der Waals surface area (Å²) in [5, 5.41) is 12.5. The molecule has 4 saturated carbocycles. The Bertz CT molecular complexity index is 1170. The van der Waals surface area contributed by atoms with Crippen LogP contribution in [0.25, 0.3) is 0 Å². The van der Waals surface area contributed by atoms with Crippen LogP contribution in [0.2, 0.25) is 0 Å². The van der Waals surface area contributed by atoms with E-state index < -0.39 is 23.8 Å². The van der Waals surface area contributed by atoms with E-state index in [9.17, 15) is 23.6 Å². The van der Waals surface area contributed by atoms with Gasteiger partial charge in [-0.2, -0.15) is 5.26 Å². The van der Waals surface area contributed by atoms with Gasteiger partial charge in [-0.1, -0.05) is 52.8 Å². The average Bonchev–Trinajstić information content (AvgIpc) is 3.26. The number of nitriles is 1. The minimum absolute atomic E-state index is 0.0245. The molecule has 1 N–H and O–H groups in total. The smallest absolute Gasteiger partial charge is 0.255 e. The van der Waals surface area contributed by atoms with Crippen molar-refractivity contribution in [3.63, 3.8) is 0 Å². The molecule has 0 unspecified atom stereocenters. The first kappa shape index (κ1) is 28.5. The summed E-state index contributed by atoms with van der Waals surface area (Å²) >= 11 is 0. The number of nitrogens with zero attached hydrogens (tertiary/aromatic N) is 1. The van der Waals surface area contributed by atoms with Crippen molar-refractivity contribution in [1.29, 1.82) is 5.26 Å². The molecule has 0 aromatic heterocycles. The summed E-state index contributed by atoms with van der Waals surface area (Å²) in [5.41, 5.74) is -0.0877. The Balaban J connectivity index is 1.57. The molecule has 4 nitrogen and oxygen atoms in total. The van der Waals surface area contributed by atoms with E-state index in [1.54, 1.807) is 0 Å². The molecule has 0 heterocycles. The highest BCUT2D eigenvalue weighted by molar-refractivity contribution is 6.04. The number of carbonyl (C=O) groups is 2. The molecule has 39 heavy (non-hydrogen) atoms. The van der Waals surface area contributed by atoms with Gasteiger partial charge < -0.3 is 5.32 Å². The minimum Gasteiger partial charge on any atom is -0.350 e. The zero-order valence-corrected chi connectivity index (χ0v) is 24.6. The lowest BCUT2D eigenvalue weighted by Crippen LogP contribution is -2.66. The third kappa shape index (κ3) is 3.63. The van der Waals surface area contributed by atoms with E-state index in [4.69, 9.17) is 0 Å². The Morgan fingerprint density at radius 3 is 2.36 bits per heavy atom. The number of hydrogen-bond donors (Lipinski definition) is 1. The van der Waals surface area contributed by atoms with E-state index in [1.165, 1.54) is 0 Å². The molecule has 9 atom stereocenters. The maximum Gasteiger partial charge on any atom is 0.255 e. The summed E-state index contributed by atoms with van der Waals surface area (Å²) in [6, 6.07) is 2.23. The van der Waals surface area contributed by atoms with E-state index in [-0.39, 0.29) is 45.7 Å². The maximum atomic E-state index is 13.7. The molecule has 5 aliphatic carbocycles. The Hall–Kier alpha value is -2.03. The van der Waals surface area contributed by atoms with Crippen molar-refractivity contribution >= 4 is 11.7 Å². The number of nitrogens with one attached hydrogen (secondary N) is 1.